The molecule has 0 fully saturated rings. The van der Waals surface area contributed by atoms with E-state index in [0.717, 1.165) is 10.6 Å². The van der Waals surface area contributed by atoms with E-state index in [4.69, 9.17) is 10.8 Å². The van der Waals surface area contributed by atoms with Crippen LogP contribution in [0.3, 0.4) is 0 Å². The fourth-order valence-corrected chi connectivity index (χ4v) is 2.23. The first kappa shape index (κ1) is 10.6. The van der Waals surface area contributed by atoms with Crippen LogP contribution in [0.15, 0.2) is 24.3 Å². The summed E-state index contributed by atoms with van der Waals surface area (Å²) < 4.78 is 0. The Morgan fingerprint density at radius 3 is 2.88 bits per heavy atom. The van der Waals surface area contributed by atoms with Gasteiger partial charge in [0, 0.05) is 11.3 Å². The van der Waals surface area contributed by atoms with Gasteiger partial charge in [-0.05, 0) is 19.1 Å². The molecule has 0 spiro atoms. The van der Waals surface area contributed by atoms with E-state index in [9.17, 15) is 4.79 Å². The van der Waals surface area contributed by atoms with Crippen molar-refractivity contribution in [2.24, 2.45) is 0 Å². The second-order valence-electron chi connectivity index (χ2n) is 3.34. The molecular formula is C11H10N2O2S. The number of nitrogens with two attached hydrogens (primary N) is 1. The quantitative estimate of drug-likeness (QED) is 0.782. The Kier molecular flexibility index (Phi) is 2.62. The number of thiazole rings is 1. The third-order valence-electron chi connectivity index (χ3n) is 2.09. The zero-order chi connectivity index (χ0) is 11.7. The molecule has 1 aromatic carbocycles. The predicted molar refractivity (Wildman–Crippen MR) is 63.7 cm³/mol. The van der Waals surface area contributed by atoms with E-state index in [1.54, 1.807) is 31.2 Å². The second-order valence-corrected chi connectivity index (χ2v) is 4.54. The summed E-state index contributed by atoms with van der Waals surface area (Å²) in [6, 6.07) is 7.06. The van der Waals surface area contributed by atoms with Crippen LogP contribution >= 0.6 is 11.3 Å². The Balaban J connectivity index is 2.59. The van der Waals surface area contributed by atoms with E-state index in [1.165, 1.54) is 11.3 Å². The Hall–Kier alpha value is -1.88. The Morgan fingerprint density at radius 1 is 1.50 bits per heavy atom. The molecule has 0 saturated heterocycles. The number of nitrogens with zero attached hydrogens (tertiary/aromatic N) is 1. The highest BCUT2D eigenvalue weighted by Gasteiger charge is 2.17. The number of hydrogen-bond acceptors (Lipinski definition) is 4. The van der Waals surface area contributed by atoms with E-state index in [2.05, 4.69) is 4.98 Å². The number of nitrogen functional groups attached to an aromatic ring is 1. The minimum Gasteiger partial charge on any atom is -0.477 e. The first-order chi connectivity index (χ1) is 7.58. The summed E-state index contributed by atoms with van der Waals surface area (Å²) in [5.41, 5.74) is 7.48. The van der Waals surface area contributed by atoms with Gasteiger partial charge in [-0.1, -0.05) is 12.1 Å². The molecule has 1 heterocycles. The van der Waals surface area contributed by atoms with Gasteiger partial charge in [0.15, 0.2) is 0 Å². The SMILES string of the molecule is Cc1nc(-c2cccc(N)c2)c(C(=O)O)s1. The second kappa shape index (κ2) is 3.94. The third-order valence-corrected chi connectivity index (χ3v) is 3.05. The van der Waals surface area contributed by atoms with Crippen molar-refractivity contribution >= 4 is 23.0 Å². The fourth-order valence-electron chi connectivity index (χ4n) is 1.45. The lowest BCUT2D eigenvalue weighted by Crippen LogP contribution is -1.96. The summed E-state index contributed by atoms with van der Waals surface area (Å²) in [7, 11) is 0. The zero-order valence-electron chi connectivity index (χ0n) is 8.60. The van der Waals surface area contributed by atoms with Crippen LogP contribution in [0.4, 0.5) is 5.69 Å². The number of benzene rings is 1. The van der Waals surface area contributed by atoms with Crippen LogP contribution in [-0.4, -0.2) is 16.1 Å². The molecule has 16 heavy (non-hydrogen) atoms. The summed E-state index contributed by atoms with van der Waals surface area (Å²) >= 11 is 1.17. The van der Waals surface area contributed by atoms with Crippen LogP contribution in [0.1, 0.15) is 14.7 Å². The molecule has 3 N–H and O–H groups in total. The van der Waals surface area contributed by atoms with Gasteiger partial charge >= 0.3 is 5.97 Å². The van der Waals surface area contributed by atoms with Crippen molar-refractivity contribution in [3.8, 4) is 11.3 Å². The largest absolute Gasteiger partial charge is 0.477 e. The average Bonchev–Trinajstić information content (AvgIpc) is 2.60. The Bertz CT molecular complexity index is 549. The highest BCUT2D eigenvalue weighted by Crippen LogP contribution is 2.28. The number of carboxylic acids is 1. The molecule has 5 heteroatoms. The minimum absolute atomic E-state index is 0.253. The molecule has 0 atom stereocenters. The standard InChI is InChI=1S/C11H10N2O2S/c1-6-13-9(10(16-6)11(14)15)7-3-2-4-8(12)5-7/h2-5H,12H2,1H3,(H,14,15). The van der Waals surface area contributed by atoms with Crippen LogP contribution in [0.5, 0.6) is 0 Å². The van der Waals surface area contributed by atoms with E-state index >= 15 is 0 Å². The molecule has 0 aliphatic rings. The van der Waals surface area contributed by atoms with Gasteiger partial charge in [-0.3, -0.25) is 0 Å². The van der Waals surface area contributed by atoms with Crippen molar-refractivity contribution in [3.05, 3.63) is 34.2 Å². The Morgan fingerprint density at radius 2 is 2.25 bits per heavy atom. The molecule has 0 saturated carbocycles. The van der Waals surface area contributed by atoms with Gasteiger partial charge < -0.3 is 10.8 Å². The highest BCUT2D eigenvalue weighted by molar-refractivity contribution is 7.14. The van der Waals surface area contributed by atoms with Gasteiger partial charge in [0.1, 0.15) is 4.88 Å². The lowest BCUT2D eigenvalue weighted by molar-refractivity contribution is 0.0702. The zero-order valence-corrected chi connectivity index (χ0v) is 9.41. The maximum atomic E-state index is 11.0. The lowest BCUT2D eigenvalue weighted by Gasteiger charge is -2.00. The van der Waals surface area contributed by atoms with E-state index in [-0.39, 0.29) is 4.88 Å². The van der Waals surface area contributed by atoms with Crippen LogP contribution in [0.25, 0.3) is 11.3 Å². The molecule has 4 nitrogen and oxygen atoms in total. The van der Waals surface area contributed by atoms with Crippen LogP contribution < -0.4 is 5.73 Å². The first-order valence-corrected chi connectivity index (χ1v) is 5.46. The topological polar surface area (TPSA) is 76.2 Å². The molecule has 2 rings (SSSR count). The molecule has 0 amide bonds. The predicted octanol–water partition coefficient (Wildman–Crippen LogP) is 2.40. The summed E-state index contributed by atoms with van der Waals surface area (Å²) in [4.78, 5) is 15.5. The maximum absolute atomic E-state index is 11.0. The number of aromatic carboxylic acids is 1. The number of aryl methyl sites for hydroxylation is 1. The van der Waals surface area contributed by atoms with Gasteiger partial charge in [-0.25, -0.2) is 9.78 Å². The van der Waals surface area contributed by atoms with Crippen molar-refractivity contribution in [1.29, 1.82) is 0 Å². The fraction of sp³-hybridized carbons (Fsp3) is 0.0909. The smallest absolute Gasteiger partial charge is 0.348 e. The maximum Gasteiger partial charge on any atom is 0.348 e. The number of carbonyl (C=O) groups is 1. The number of hydrogen-bond donors (Lipinski definition) is 2. The van der Waals surface area contributed by atoms with Gasteiger partial charge in [-0.2, -0.15) is 0 Å². The average molecular weight is 234 g/mol. The molecule has 0 aliphatic carbocycles. The molecule has 82 valence electrons. The minimum atomic E-state index is -0.956. The normalized spacial score (nSPS) is 10.3. The molecule has 1 aromatic heterocycles. The first-order valence-electron chi connectivity index (χ1n) is 4.64. The monoisotopic (exact) mass is 234 g/mol. The van der Waals surface area contributed by atoms with Crippen LogP contribution in [-0.2, 0) is 0 Å². The van der Waals surface area contributed by atoms with Gasteiger partial charge in [0.05, 0.1) is 10.7 Å². The molecular weight excluding hydrogens is 224 g/mol. The van der Waals surface area contributed by atoms with E-state index in [0.29, 0.717) is 11.4 Å². The molecule has 0 unspecified atom stereocenters. The summed E-state index contributed by atoms with van der Waals surface area (Å²) in [6.07, 6.45) is 0. The van der Waals surface area contributed by atoms with Gasteiger partial charge in [-0.15, -0.1) is 11.3 Å². The van der Waals surface area contributed by atoms with Gasteiger partial charge in [0.2, 0.25) is 0 Å². The Labute approximate surface area is 96.4 Å². The van der Waals surface area contributed by atoms with Gasteiger partial charge in [0.25, 0.3) is 0 Å². The number of aromatic nitrogens is 1. The van der Waals surface area contributed by atoms with E-state index < -0.39 is 5.97 Å². The van der Waals surface area contributed by atoms with Crippen LogP contribution in [0, 0.1) is 6.92 Å². The van der Waals surface area contributed by atoms with Crippen molar-refractivity contribution in [2.45, 2.75) is 6.92 Å². The molecule has 0 radical (unpaired) electrons. The highest BCUT2D eigenvalue weighted by atomic mass is 32.1. The van der Waals surface area contributed by atoms with Crippen molar-refractivity contribution < 1.29 is 9.90 Å². The summed E-state index contributed by atoms with van der Waals surface area (Å²) in [5.74, 6) is -0.956. The number of carboxylic acid groups (broad SMARTS) is 1. The molecule has 2 aromatic rings. The summed E-state index contributed by atoms with van der Waals surface area (Å²) in [6.45, 7) is 1.78. The van der Waals surface area contributed by atoms with Crippen molar-refractivity contribution in [3.63, 3.8) is 0 Å². The molecule has 0 bridgehead atoms. The number of anilines is 1. The number of rotatable bonds is 2. The molecule has 0 aliphatic heterocycles. The van der Waals surface area contributed by atoms with E-state index in [1.807, 2.05) is 0 Å². The summed E-state index contributed by atoms with van der Waals surface area (Å²) in [5, 5.41) is 9.78. The van der Waals surface area contributed by atoms with Crippen molar-refractivity contribution in [1.82, 2.24) is 4.98 Å². The third kappa shape index (κ3) is 1.90. The van der Waals surface area contributed by atoms with Crippen LogP contribution in [0.2, 0.25) is 0 Å². The van der Waals surface area contributed by atoms with Crippen molar-refractivity contribution in [2.75, 3.05) is 5.73 Å². The lowest BCUT2D eigenvalue weighted by atomic mass is 10.1.